The molecule has 0 aromatic heterocycles. The van der Waals surface area contributed by atoms with Crippen molar-refractivity contribution < 1.29 is 23.8 Å². The SMILES string of the molecule is COC(=O)C1CC2(CCN(C(=O)OC(C)(C)C)CC2)c2ccccc2O1. The van der Waals surface area contributed by atoms with Crippen molar-refractivity contribution in [3.8, 4) is 5.75 Å². The maximum absolute atomic E-state index is 12.4. The number of likely N-dealkylation sites (tertiary alicyclic amines) is 1. The van der Waals surface area contributed by atoms with Crippen LogP contribution < -0.4 is 4.74 Å². The highest BCUT2D eigenvalue weighted by Gasteiger charge is 2.46. The molecule has 2 heterocycles. The summed E-state index contributed by atoms with van der Waals surface area (Å²) < 4.78 is 16.3. The molecule has 2 aliphatic heterocycles. The van der Waals surface area contributed by atoms with E-state index in [9.17, 15) is 9.59 Å². The van der Waals surface area contributed by atoms with Gasteiger partial charge in [0.1, 0.15) is 11.4 Å². The van der Waals surface area contributed by atoms with Crippen molar-refractivity contribution in [2.45, 2.75) is 57.2 Å². The summed E-state index contributed by atoms with van der Waals surface area (Å²) in [5.41, 5.74) is 0.420. The van der Waals surface area contributed by atoms with Gasteiger partial charge in [0.15, 0.2) is 6.10 Å². The quantitative estimate of drug-likeness (QED) is 0.718. The van der Waals surface area contributed by atoms with E-state index < -0.39 is 11.7 Å². The smallest absolute Gasteiger partial charge is 0.410 e. The van der Waals surface area contributed by atoms with E-state index >= 15 is 0 Å². The van der Waals surface area contributed by atoms with Gasteiger partial charge in [-0.15, -0.1) is 0 Å². The van der Waals surface area contributed by atoms with Gasteiger partial charge >= 0.3 is 12.1 Å². The number of piperidine rings is 1. The van der Waals surface area contributed by atoms with E-state index in [1.165, 1.54) is 7.11 Å². The minimum absolute atomic E-state index is 0.188. The van der Waals surface area contributed by atoms with Crippen molar-refractivity contribution >= 4 is 12.1 Å². The Morgan fingerprint density at radius 1 is 1.19 bits per heavy atom. The van der Waals surface area contributed by atoms with Gasteiger partial charge in [-0.3, -0.25) is 0 Å². The zero-order chi connectivity index (χ0) is 18.9. The molecule has 3 rings (SSSR count). The Labute approximate surface area is 154 Å². The molecule has 1 saturated heterocycles. The molecule has 142 valence electrons. The van der Waals surface area contributed by atoms with E-state index in [1.807, 2.05) is 39.0 Å². The van der Waals surface area contributed by atoms with Gasteiger partial charge in [-0.05, 0) is 39.7 Å². The molecule has 0 saturated carbocycles. The Hall–Kier alpha value is -2.24. The standard InChI is InChI=1S/C20H27NO5/c1-19(2,3)26-18(23)21-11-9-20(10-12-21)13-16(17(22)24-4)25-15-8-6-5-7-14(15)20/h5-8,16H,9-13H2,1-4H3. The van der Waals surface area contributed by atoms with Crippen LogP contribution in [0.15, 0.2) is 24.3 Å². The number of hydrogen-bond acceptors (Lipinski definition) is 5. The molecule has 0 radical (unpaired) electrons. The Bertz CT molecular complexity index is 686. The van der Waals surface area contributed by atoms with Crippen LogP contribution >= 0.6 is 0 Å². The summed E-state index contributed by atoms with van der Waals surface area (Å²) in [7, 11) is 1.38. The average molecular weight is 361 g/mol. The average Bonchev–Trinajstić information content (AvgIpc) is 2.60. The summed E-state index contributed by atoms with van der Waals surface area (Å²) in [4.78, 5) is 26.2. The molecule has 1 spiro atoms. The summed E-state index contributed by atoms with van der Waals surface area (Å²) in [6.45, 7) is 6.79. The molecular formula is C20H27NO5. The fraction of sp³-hybridized carbons (Fsp3) is 0.600. The summed E-state index contributed by atoms with van der Waals surface area (Å²) in [5.74, 6) is 0.383. The van der Waals surface area contributed by atoms with E-state index in [0.29, 0.717) is 19.5 Å². The van der Waals surface area contributed by atoms with Crippen molar-refractivity contribution in [2.75, 3.05) is 20.2 Å². The van der Waals surface area contributed by atoms with E-state index in [2.05, 4.69) is 6.07 Å². The Morgan fingerprint density at radius 2 is 1.85 bits per heavy atom. The Morgan fingerprint density at radius 3 is 2.46 bits per heavy atom. The Balaban J connectivity index is 1.79. The van der Waals surface area contributed by atoms with Crippen LogP contribution in [0, 0.1) is 0 Å². The van der Waals surface area contributed by atoms with Gasteiger partial charge in [-0.2, -0.15) is 0 Å². The molecule has 1 aromatic carbocycles. The number of rotatable bonds is 1. The number of methoxy groups -OCH3 is 1. The zero-order valence-electron chi connectivity index (χ0n) is 15.9. The highest BCUT2D eigenvalue weighted by atomic mass is 16.6. The summed E-state index contributed by atoms with van der Waals surface area (Å²) >= 11 is 0. The van der Waals surface area contributed by atoms with Crippen LogP contribution in [0.5, 0.6) is 5.75 Å². The van der Waals surface area contributed by atoms with Crippen molar-refractivity contribution in [3.05, 3.63) is 29.8 Å². The normalized spacial score (nSPS) is 21.5. The van der Waals surface area contributed by atoms with E-state index in [0.717, 1.165) is 24.2 Å². The second-order valence-electron chi connectivity index (χ2n) is 8.08. The first-order valence-corrected chi connectivity index (χ1v) is 9.06. The molecule has 1 fully saturated rings. The summed E-state index contributed by atoms with van der Waals surface area (Å²) in [6, 6.07) is 7.85. The Kier molecular flexibility index (Phi) is 4.86. The van der Waals surface area contributed by atoms with E-state index in [4.69, 9.17) is 14.2 Å². The molecule has 1 amide bonds. The molecule has 1 atom stereocenters. The number of benzene rings is 1. The predicted molar refractivity (Wildman–Crippen MR) is 96.2 cm³/mol. The molecular weight excluding hydrogens is 334 g/mol. The number of para-hydroxylation sites is 1. The molecule has 0 aliphatic carbocycles. The van der Waals surface area contributed by atoms with Crippen LogP contribution in [-0.2, 0) is 19.7 Å². The highest BCUT2D eigenvalue weighted by Crippen LogP contribution is 2.47. The van der Waals surface area contributed by atoms with Crippen LogP contribution in [0.1, 0.15) is 45.6 Å². The third kappa shape index (κ3) is 3.64. The molecule has 2 aliphatic rings. The minimum atomic E-state index is -0.608. The summed E-state index contributed by atoms with van der Waals surface area (Å²) in [6.07, 6.45) is 1.21. The van der Waals surface area contributed by atoms with Crippen molar-refractivity contribution in [1.82, 2.24) is 4.90 Å². The lowest BCUT2D eigenvalue weighted by atomic mass is 9.67. The molecule has 0 N–H and O–H groups in total. The highest BCUT2D eigenvalue weighted by molar-refractivity contribution is 5.76. The zero-order valence-corrected chi connectivity index (χ0v) is 15.9. The topological polar surface area (TPSA) is 65.1 Å². The van der Waals surface area contributed by atoms with Gasteiger partial charge in [0, 0.05) is 30.5 Å². The number of esters is 1. The molecule has 6 heteroatoms. The van der Waals surface area contributed by atoms with E-state index in [-0.39, 0.29) is 17.5 Å². The lowest BCUT2D eigenvalue weighted by molar-refractivity contribution is -0.151. The molecule has 0 bridgehead atoms. The van der Waals surface area contributed by atoms with Crippen molar-refractivity contribution in [1.29, 1.82) is 0 Å². The second-order valence-corrected chi connectivity index (χ2v) is 8.08. The van der Waals surface area contributed by atoms with Crippen molar-refractivity contribution in [2.24, 2.45) is 0 Å². The first kappa shape index (κ1) is 18.5. The molecule has 26 heavy (non-hydrogen) atoms. The maximum Gasteiger partial charge on any atom is 0.410 e. The van der Waals surface area contributed by atoms with Gasteiger partial charge in [-0.1, -0.05) is 18.2 Å². The van der Waals surface area contributed by atoms with Gasteiger partial charge < -0.3 is 19.1 Å². The lowest BCUT2D eigenvalue weighted by Crippen LogP contribution is -2.51. The third-order valence-corrected chi connectivity index (χ3v) is 5.14. The van der Waals surface area contributed by atoms with Gasteiger partial charge in [0.2, 0.25) is 0 Å². The molecule has 1 aromatic rings. The summed E-state index contributed by atoms with van der Waals surface area (Å²) in [5, 5.41) is 0. The van der Waals surface area contributed by atoms with Gasteiger partial charge in [0.05, 0.1) is 7.11 Å². The van der Waals surface area contributed by atoms with Crippen LogP contribution in [0.25, 0.3) is 0 Å². The lowest BCUT2D eigenvalue weighted by Gasteiger charge is -2.46. The predicted octanol–water partition coefficient (Wildman–Crippen LogP) is 3.28. The van der Waals surface area contributed by atoms with Gasteiger partial charge in [-0.25, -0.2) is 9.59 Å². The molecule has 6 nitrogen and oxygen atoms in total. The first-order valence-electron chi connectivity index (χ1n) is 9.06. The number of hydrogen-bond donors (Lipinski definition) is 0. The number of amides is 1. The number of carbonyl (C=O) groups excluding carboxylic acids is 2. The number of fused-ring (bicyclic) bond motifs is 2. The monoisotopic (exact) mass is 361 g/mol. The van der Waals surface area contributed by atoms with Crippen LogP contribution in [0.4, 0.5) is 4.79 Å². The number of nitrogens with zero attached hydrogens (tertiary/aromatic N) is 1. The largest absolute Gasteiger partial charge is 0.478 e. The minimum Gasteiger partial charge on any atom is -0.478 e. The second kappa shape index (κ2) is 6.82. The third-order valence-electron chi connectivity index (χ3n) is 5.14. The fourth-order valence-electron chi connectivity index (χ4n) is 3.85. The fourth-order valence-corrected chi connectivity index (χ4v) is 3.85. The molecule has 1 unspecified atom stereocenters. The van der Waals surface area contributed by atoms with Crippen LogP contribution in [0.2, 0.25) is 0 Å². The maximum atomic E-state index is 12.4. The van der Waals surface area contributed by atoms with Crippen molar-refractivity contribution in [3.63, 3.8) is 0 Å². The van der Waals surface area contributed by atoms with Crippen LogP contribution in [0.3, 0.4) is 0 Å². The number of carbonyl (C=O) groups is 2. The van der Waals surface area contributed by atoms with E-state index in [1.54, 1.807) is 4.90 Å². The first-order chi connectivity index (χ1) is 12.2. The number of ether oxygens (including phenoxy) is 3. The van der Waals surface area contributed by atoms with Gasteiger partial charge in [0.25, 0.3) is 0 Å². The van der Waals surface area contributed by atoms with Crippen LogP contribution in [-0.4, -0.2) is 48.9 Å².